The zero-order valence-electron chi connectivity index (χ0n) is 15.0. The first-order chi connectivity index (χ1) is 13.6. The summed E-state index contributed by atoms with van der Waals surface area (Å²) < 4.78 is 35.8. The number of benzene rings is 1. The first-order valence-electron chi connectivity index (χ1n) is 8.95. The van der Waals surface area contributed by atoms with Gasteiger partial charge in [-0.15, -0.1) is 0 Å². The van der Waals surface area contributed by atoms with Gasteiger partial charge in [-0.1, -0.05) is 12.1 Å². The summed E-state index contributed by atoms with van der Waals surface area (Å²) >= 11 is 0.997. The van der Waals surface area contributed by atoms with E-state index in [1.165, 1.54) is 4.31 Å². The lowest BCUT2D eigenvalue weighted by Gasteiger charge is -2.30. The lowest BCUT2D eigenvalue weighted by Crippen LogP contribution is -2.42. The zero-order valence-corrected chi connectivity index (χ0v) is 16.6. The van der Waals surface area contributed by atoms with E-state index in [-0.39, 0.29) is 16.7 Å². The van der Waals surface area contributed by atoms with E-state index >= 15 is 0 Å². The summed E-state index contributed by atoms with van der Waals surface area (Å²) in [6, 6.07) is 10.5. The Bertz CT molecular complexity index is 1080. The first-order valence-corrected chi connectivity index (χ1v) is 11.1. The van der Waals surface area contributed by atoms with E-state index in [1.54, 1.807) is 24.4 Å². The van der Waals surface area contributed by atoms with E-state index in [4.69, 9.17) is 0 Å². The molecule has 2 aromatic heterocycles. The summed E-state index contributed by atoms with van der Waals surface area (Å²) in [7, 11) is -3.67. The van der Waals surface area contributed by atoms with Crippen LogP contribution in [0.1, 0.15) is 18.5 Å². The molecule has 1 saturated heterocycles. The van der Waals surface area contributed by atoms with Crippen molar-refractivity contribution in [3.63, 3.8) is 0 Å². The molecular formula is C18H19N5O3S2. The van der Waals surface area contributed by atoms with Gasteiger partial charge in [0, 0.05) is 25.2 Å². The number of rotatable bonds is 5. The van der Waals surface area contributed by atoms with Crippen LogP contribution in [0, 0.1) is 5.92 Å². The molecule has 3 aromatic rings. The molecule has 1 aliphatic rings. The summed E-state index contributed by atoms with van der Waals surface area (Å²) in [4.78, 5) is 16.8. The molecule has 0 spiro atoms. The molecule has 1 aliphatic heterocycles. The smallest absolute Gasteiger partial charge is 0.245 e. The molecule has 0 unspecified atom stereocenters. The maximum Gasteiger partial charge on any atom is 0.245 e. The number of amides is 1. The molecule has 146 valence electrons. The lowest BCUT2D eigenvalue weighted by molar-refractivity contribution is -0.126. The normalized spacial score (nSPS) is 16.3. The summed E-state index contributed by atoms with van der Waals surface area (Å²) in [5, 5.41) is 2.89. The maximum atomic E-state index is 13.0. The largest absolute Gasteiger partial charge is 0.350 e. The fourth-order valence-corrected chi connectivity index (χ4v) is 5.53. The Balaban J connectivity index is 1.39. The zero-order chi connectivity index (χ0) is 19.6. The van der Waals surface area contributed by atoms with Crippen molar-refractivity contribution in [2.45, 2.75) is 24.3 Å². The van der Waals surface area contributed by atoms with Gasteiger partial charge in [0.1, 0.15) is 15.9 Å². The highest BCUT2D eigenvalue weighted by atomic mass is 32.2. The van der Waals surface area contributed by atoms with E-state index < -0.39 is 10.0 Å². The van der Waals surface area contributed by atoms with Crippen molar-refractivity contribution in [3.05, 3.63) is 48.3 Å². The number of hydrogen-bond donors (Lipinski definition) is 1. The van der Waals surface area contributed by atoms with Gasteiger partial charge < -0.3 is 5.32 Å². The molecular weight excluding hydrogens is 398 g/mol. The highest BCUT2D eigenvalue weighted by Crippen LogP contribution is 2.28. The number of piperidine rings is 1. The molecule has 8 nitrogen and oxygen atoms in total. The summed E-state index contributed by atoms with van der Waals surface area (Å²) in [5.74, 6) is -0.264. The number of aromatic nitrogens is 3. The SMILES string of the molecule is O=C(NCc1ccccn1)C1CCN(S(=O)(=O)c2cccc3nsnc23)CC1. The minimum atomic E-state index is -3.67. The van der Waals surface area contributed by atoms with E-state index in [1.807, 2.05) is 18.2 Å². The highest BCUT2D eigenvalue weighted by Gasteiger charge is 2.33. The fraction of sp³-hybridized carbons (Fsp3) is 0.333. The number of fused-ring (bicyclic) bond motifs is 1. The Kier molecular flexibility index (Phi) is 5.33. The molecule has 1 N–H and O–H groups in total. The second kappa shape index (κ2) is 7.90. The van der Waals surface area contributed by atoms with E-state index in [0.29, 0.717) is 43.5 Å². The lowest BCUT2D eigenvalue weighted by atomic mass is 9.97. The number of carbonyl (C=O) groups is 1. The van der Waals surface area contributed by atoms with Gasteiger partial charge in [0.2, 0.25) is 15.9 Å². The predicted octanol–water partition coefficient (Wildman–Crippen LogP) is 1.80. The molecule has 1 aromatic carbocycles. The van der Waals surface area contributed by atoms with Crippen molar-refractivity contribution in [2.75, 3.05) is 13.1 Å². The maximum absolute atomic E-state index is 13.0. The van der Waals surface area contributed by atoms with Crippen LogP contribution in [0.15, 0.2) is 47.5 Å². The number of sulfonamides is 1. The number of nitrogens with one attached hydrogen (secondary N) is 1. The van der Waals surface area contributed by atoms with E-state index in [2.05, 4.69) is 19.0 Å². The molecule has 0 radical (unpaired) electrons. The van der Waals surface area contributed by atoms with Crippen LogP contribution >= 0.6 is 11.7 Å². The third-order valence-corrected chi connectivity index (χ3v) is 7.33. The van der Waals surface area contributed by atoms with Crippen LogP contribution in [0.5, 0.6) is 0 Å². The predicted molar refractivity (Wildman–Crippen MR) is 105 cm³/mol. The third kappa shape index (κ3) is 3.75. The Hall–Kier alpha value is -2.43. The quantitative estimate of drug-likeness (QED) is 0.679. The van der Waals surface area contributed by atoms with Crippen molar-refractivity contribution in [2.24, 2.45) is 5.92 Å². The van der Waals surface area contributed by atoms with Crippen LogP contribution in [-0.2, 0) is 21.4 Å². The molecule has 10 heteroatoms. The van der Waals surface area contributed by atoms with Crippen molar-refractivity contribution >= 4 is 38.7 Å². The monoisotopic (exact) mass is 417 g/mol. The summed E-state index contributed by atoms with van der Waals surface area (Å²) in [5.41, 5.74) is 1.78. The van der Waals surface area contributed by atoms with Crippen LogP contribution in [0.4, 0.5) is 0 Å². The Labute approximate surface area is 167 Å². The van der Waals surface area contributed by atoms with Gasteiger partial charge in [0.25, 0.3) is 0 Å². The molecule has 3 heterocycles. The number of carbonyl (C=O) groups excluding carboxylic acids is 1. The summed E-state index contributed by atoms with van der Waals surface area (Å²) in [6.45, 7) is 0.979. The molecule has 0 bridgehead atoms. The van der Waals surface area contributed by atoms with E-state index in [9.17, 15) is 13.2 Å². The van der Waals surface area contributed by atoms with Crippen molar-refractivity contribution in [1.29, 1.82) is 0 Å². The van der Waals surface area contributed by atoms with Crippen LogP contribution in [-0.4, -0.2) is 45.5 Å². The molecule has 1 amide bonds. The van der Waals surface area contributed by atoms with Crippen molar-refractivity contribution < 1.29 is 13.2 Å². The van der Waals surface area contributed by atoms with Gasteiger partial charge in [-0.25, -0.2) is 8.42 Å². The number of nitrogens with zero attached hydrogens (tertiary/aromatic N) is 4. The van der Waals surface area contributed by atoms with Crippen molar-refractivity contribution in [3.8, 4) is 0 Å². The summed E-state index contributed by atoms with van der Waals surface area (Å²) in [6.07, 6.45) is 2.65. The molecule has 1 fully saturated rings. The first kappa shape index (κ1) is 18.9. The molecule has 0 aliphatic carbocycles. The van der Waals surface area contributed by atoms with Crippen molar-refractivity contribution in [1.82, 2.24) is 23.4 Å². The van der Waals surface area contributed by atoms with Crippen LogP contribution in [0.3, 0.4) is 0 Å². The second-order valence-corrected chi connectivity index (χ2v) is 9.04. The van der Waals surface area contributed by atoms with Crippen LogP contribution in [0.25, 0.3) is 11.0 Å². The van der Waals surface area contributed by atoms with Crippen LogP contribution in [0.2, 0.25) is 0 Å². The van der Waals surface area contributed by atoms with Gasteiger partial charge in [-0.2, -0.15) is 13.1 Å². The van der Waals surface area contributed by atoms with Gasteiger partial charge in [-0.05, 0) is 37.1 Å². The number of pyridine rings is 1. The molecule has 0 atom stereocenters. The minimum absolute atomic E-state index is 0.0616. The third-order valence-electron chi connectivity index (χ3n) is 4.86. The van der Waals surface area contributed by atoms with Crippen LogP contribution < -0.4 is 5.32 Å². The topological polar surface area (TPSA) is 105 Å². The Morgan fingerprint density at radius 2 is 1.96 bits per heavy atom. The second-order valence-electron chi connectivity index (χ2n) is 6.61. The van der Waals surface area contributed by atoms with Gasteiger partial charge in [0.05, 0.1) is 24.0 Å². The average molecular weight is 418 g/mol. The standard InChI is InChI=1S/C18H19N5O3S2/c24-18(20-12-14-4-1-2-9-19-14)13-7-10-23(11-8-13)28(25,26)16-6-3-5-15-17(16)22-27-21-15/h1-6,9,13H,7-8,10-12H2,(H,20,24). The molecule has 28 heavy (non-hydrogen) atoms. The van der Waals surface area contributed by atoms with Gasteiger partial charge in [-0.3, -0.25) is 9.78 Å². The van der Waals surface area contributed by atoms with Gasteiger partial charge >= 0.3 is 0 Å². The Morgan fingerprint density at radius 3 is 2.71 bits per heavy atom. The number of hydrogen-bond acceptors (Lipinski definition) is 7. The minimum Gasteiger partial charge on any atom is -0.350 e. The highest BCUT2D eigenvalue weighted by molar-refractivity contribution is 7.89. The van der Waals surface area contributed by atoms with Gasteiger partial charge in [0.15, 0.2) is 0 Å². The Morgan fingerprint density at radius 1 is 1.14 bits per heavy atom. The fourth-order valence-electron chi connectivity index (χ4n) is 3.31. The molecule has 4 rings (SSSR count). The average Bonchev–Trinajstić information content (AvgIpc) is 3.21. The van der Waals surface area contributed by atoms with E-state index in [0.717, 1.165) is 17.4 Å². The molecule has 0 saturated carbocycles.